The Morgan fingerprint density at radius 1 is 1.09 bits per heavy atom. The first-order valence-corrected chi connectivity index (χ1v) is 11.8. The minimum Gasteiger partial charge on any atom is -0.391 e. The number of likely N-dealkylation sites (tertiary alicyclic amines) is 2. The number of amides is 2. The predicted octanol–water partition coefficient (Wildman–Crippen LogP) is 3.07. The minimum absolute atomic E-state index is 0.0840. The van der Waals surface area contributed by atoms with Crippen LogP contribution in [0.4, 0.5) is 4.39 Å². The number of fused-ring (bicyclic) bond motifs is 2. The van der Waals surface area contributed by atoms with Crippen molar-refractivity contribution in [1.82, 2.24) is 15.0 Å². The fraction of sp³-hybridized carbons (Fsp3) is 0.625. The zero-order valence-corrected chi connectivity index (χ0v) is 18.2. The molecule has 2 aromatic rings. The molecule has 3 heterocycles. The molecule has 1 aliphatic carbocycles. The van der Waals surface area contributed by atoms with E-state index in [9.17, 15) is 19.1 Å². The standard InChI is InChI=1S/C24H30FN3O4/c25-16-5-6-20-21(13-16)32-26-22(20)15-7-10-27(11-8-15)12-9-17(29)14-28-23(30)18-3-1-2-4-19(18)24(28)31/h5-6,13,15,17-19,29H,1-4,7-12,14H2. The zero-order valence-electron chi connectivity index (χ0n) is 18.2. The number of rotatable bonds is 6. The first kappa shape index (κ1) is 21.5. The van der Waals surface area contributed by atoms with Crippen LogP contribution in [0.1, 0.15) is 56.6 Å². The molecule has 7 nitrogen and oxygen atoms in total. The number of imide groups is 1. The van der Waals surface area contributed by atoms with Gasteiger partial charge in [0.2, 0.25) is 11.8 Å². The van der Waals surface area contributed by atoms with Gasteiger partial charge in [-0.2, -0.15) is 0 Å². The highest BCUT2D eigenvalue weighted by Crippen LogP contribution is 2.38. The molecular formula is C24H30FN3O4. The summed E-state index contributed by atoms with van der Waals surface area (Å²) in [5, 5.41) is 15.6. The number of piperidine rings is 1. The predicted molar refractivity (Wildman–Crippen MR) is 115 cm³/mol. The second-order valence-corrected chi connectivity index (χ2v) is 9.55. The summed E-state index contributed by atoms with van der Waals surface area (Å²) >= 11 is 0. The van der Waals surface area contributed by atoms with Crippen LogP contribution >= 0.6 is 0 Å². The van der Waals surface area contributed by atoms with Gasteiger partial charge in [0.1, 0.15) is 5.82 Å². The second kappa shape index (κ2) is 8.90. The molecule has 0 radical (unpaired) electrons. The van der Waals surface area contributed by atoms with E-state index in [1.807, 2.05) is 0 Å². The van der Waals surface area contributed by atoms with E-state index >= 15 is 0 Å². The number of hydrogen-bond donors (Lipinski definition) is 1. The molecule has 2 aliphatic heterocycles. The van der Waals surface area contributed by atoms with Gasteiger partial charge in [-0.15, -0.1) is 0 Å². The normalized spacial score (nSPS) is 26.1. The lowest BCUT2D eigenvalue weighted by atomic mass is 9.81. The van der Waals surface area contributed by atoms with E-state index in [1.165, 1.54) is 17.0 Å². The summed E-state index contributed by atoms with van der Waals surface area (Å²) in [6.07, 6.45) is 5.28. The van der Waals surface area contributed by atoms with E-state index in [1.54, 1.807) is 6.07 Å². The maximum atomic E-state index is 13.4. The SMILES string of the molecule is O=C1C2CCCCC2C(=O)N1CC(O)CCN1CCC(c2noc3cc(F)ccc23)CC1. The third-order valence-corrected chi connectivity index (χ3v) is 7.54. The van der Waals surface area contributed by atoms with Crippen LogP contribution in [0.3, 0.4) is 0 Å². The van der Waals surface area contributed by atoms with Crippen LogP contribution < -0.4 is 0 Å². The molecule has 32 heavy (non-hydrogen) atoms. The number of carbonyl (C=O) groups is 2. The van der Waals surface area contributed by atoms with Crippen LogP contribution in [-0.2, 0) is 9.59 Å². The number of β-amino-alcohol motifs (C(OH)–C–C–N with tert-alkyl or cyclic N) is 1. The van der Waals surface area contributed by atoms with Crippen LogP contribution in [0.15, 0.2) is 22.7 Å². The van der Waals surface area contributed by atoms with Gasteiger partial charge in [0, 0.05) is 23.9 Å². The Balaban J connectivity index is 1.10. The maximum Gasteiger partial charge on any atom is 0.233 e. The van der Waals surface area contributed by atoms with Crippen molar-refractivity contribution >= 4 is 22.8 Å². The number of aliphatic hydroxyl groups excluding tert-OH is 1. The van der Waals surface area contributed by atoms with Crippen LogP contribution in [0, 0.1) is 17.7 Å². The van der Waals surface area contributed by atoms with Gasteiger partial charge in [-0.25, -0.2) is 4.39 Å². The number of benzene rings is 1. The summed E-state index contributed by atoms with van der Waals surface area (Å²) in [7, 11) is 0. The summed E-state index contributed by atoms with van der Waals surface area (Å²) in [4.78, 5) is 28.8. The smallest absolute Gasteiger partial charge is 0.233 e. The molecule has 1 aromatic carbocycles. The van der Waals surface area contributed by atoms with E-state index in [4.69, 9.17) is 4.52 Å². The number of halogens is 1. The van der Waals surface area contributed by atoms with Gasteiger partial charge in [0.25, 0.3) is 0 Å². The molecule has 2 amide bonds. The average Bonchev–Trinajstić information content (AvgIpc) is 3.33. The number of aromatic nitrogens is 1. The third-order valence-electron chi connectivity index (χ3n) is 7.54. The summed E-state index contributed by atoms with van der Waals surface area (Å²) in [6.45, 7) is 2.58. The maximum absolute atomic E-state index is 13.4. The van der Waals surface area contributed by atoms with Gasteiger partial charge in [0.15, 0.2) is 5.58 Å². The van der Waals surface area contributed by atoms with Crippen molar-refractivity contribution in [2.24, 2.45) is 11.8 Å². The Bertz CT molecular complexity index is 976. The average molecular weight is 444 g/mol. The van der Waals surface area contributed by atoms with E-state index in [2.05, 4.69) is 10.1 Å². The molecule has 1 saturated carbocycles. The fourth-order valence-electron chi connectivity index (χ4n) is 5.70. The molecule has 3 atom stereocenters. The second-order valence-electron chi connectivity index (χ2n) is 9.55. The lowest BCUT2D eigenvalue weighted by Crippen LogP contribution is -2.40. The molecular weight excluding hydrogens is 413 g/mol. The molecule has 3 aliphatic rings. The number of nitrogens with zero attached hydrogens (tertiary/aromatic N) is 3. The highest BCUT2D eigenvalue weighted by Gasteiger charge is 2.48. The number of hydrogen-bond acceptors (Lipinski definition) is 6. The Morgan fingerprint density at radius 3 is 2.47 bits per heavy atom. The van der Waals surface area contributed by atoms with Gasteiger partial charge < -0.3 is 14.5 Å². The summed E-state index contributed by atoms with van der Waals surface area (Å²) in [5.41, 5.74) is 1.38. The molecule has 3 fully saturated rings. The zero-order chi connectivity index (χ0) is 22.2. The Labute approximate surface area is 186 Å². The fourth-order valence-corrected chi connectivity index (χ4v) is 5.70. The summed E-state index contributed by atoms with van der Waals surface area (Å²) in [6, 6.07) is 4.54. The van der Waals surface area contributed by atoms with Gasteiger partial charge in [-0.1, -0.05) is 18.0 Å². The summed E-state index contributed by atoms with van der Waals surface area (Å²) < 4.78 is 18.7. The number of carbonyl (C=O) groups excluding carboxylic acids is 2. The first-order chi connectivity index (χ1) is 15.5. The summed E-state index contributed by atoms with van der Waals surface area (Å²) in [5.74, 6) is -0.549. The van der Waals surface area contributed by atoms with Crippen molar-refractivity contribution in [2.45, 2.75) is 57.0 Å². The van der Waals surface area contributed by atoms with Crippen LogP contribution in [0.25, 0.3) is 11.0 Å². The van der Waals surface area contributed by atoms with Gasteiger partial charge in [-0.3, -0.25) is 14.5 Å². The van der Waals surface area contributed by atoms with Gasteiger partial charge in [0.05, 0.1) is 30.2 Å². The molecule has 172 valence electrons. The quantitative estimate of drug-likeness (QED) is 0.691. The topological polar surface area (TPSA) is 86.9 Å². The lowest BCUT2D eigenvalue weighted by molar-refractivity contribution is -0.141. The molecule has 3 unspecified atom stereocenters. The van der Waals surface area contributed by atoms with Crippen molar-refractivity contribution in [1.29, 1.82) is 0 Å². The van der Waals surface area contributed by atoms with Crippen molar-refractivity contribution in [3.63, 3.8) is 0 Å². The molecule has 0 spiro atoms. The molecule has 0 bridgehead atoms. The molecule has 1 aromatic heterocycles. The van der Waals surface area contributed by atoms with Gasteiger partial charge in [-0.05, 0) is 57.3 Å². The van der Waals surface area contributed by atoms with E-state index in [0.717, 1.165) is 69.2 Å². The highest BCUT2D eigenvalue weighted by molar-refractivity contribution is 6.05. The van der Waals surface area contributed by atoms with Crippen LogP contribution in [0.2, 0.25) is 0 Å². The minimum atomic E-state index is -0.699. The molecule has 1 N–H and O–H groups in total. The van der Waals surface area contributed by atoms with Crippen LogP contribution in [0.5, 0.6) is 0 Å². The van der Waals surface area contributed by atoms with Crippen molar-refractivity contribution in [2.75, 3.05) is 26.2 Å². The number of aliphatic hydroxyl groups is 1. The van der Waals surface area contributed by atoms with Crippen molar-refractivity contribution < 1.29 is 23.6 Å². The molecule has 8 heteroatoms. The third kappa shape index (κ3) is 4.06. The van der Waals surface area contributed by atoms with Gasteiger partial charge >= 0.3 is 0 Å². The lowest BCUT2D eigenvalue weighted by Gasteiger charge is -2.32. The van der Waals surface area contributed by atoms with Crippen molar-refractivity contribution in [3.05, 3.63) is 29.7 Å². The Kier molecular flexibility index (Phi) is 5.99. The highest BCUT2D eigenvalue weighted by atomic mass is 19.1. The monoisotopic (exact) mass is 443 g/mol. The van der Waals surface area contributed by atoms with E-state index in [0.29, 0.717) is 12.0 Å². The van der Waals surface area contributed by atoms with E-state index < -0.39 is 6.10 Å². The van der Waals surface area contributed by atoms with E-state index in [-0.39, 0.29) is 41.9 Å². The van der Waals surface area contributed by atoms with Crippen molar-refractivity contribution in [3.8, 4) is 0 Å². The molecule has 2 saturated heterocycles. The first-order valence-electron chi connectivity index (χ1n) is 11.8. The Hall–Kier alpha value is -2.32. The Morgan fingerprint density at radius 2 is 1.78 bits per heavy atom. The molecule has 5 rings (SSSR count). The largest absolute Gasteiger partial charge is 0.391 e. The van der Waals surface area contributed by atoms with Crippen LogP contribution in [-0.4, -0.2) is 64.2 Å².